The zero-order chi connectivity index (χ0) is 18.8. The predicted molar refractivity (Wildman–Crippen MR) is 104 cm³/mol. The van der Waals surface area contributed by atoms with Gasteiger partial charge in [-0.05, 0) is 19.1 Å². The molecule has 3 aromatic heterocycles. The van der Waals surface area contributed by atoms with E-state index in [2.05, 4.69) is 22.4 Å². The van der Waals surface area contributed by atoms with Crippen LogP contribution >= 0.6 is 22.9 Å². The van der Waals surface area contributed by atoms with E-state index >= 15 is 0 Å². The zero-order valence-corrected chi connectivity index (χ0v) is 16.5. The highest BCUT2D eigenvalue weighted by molar-refractivity contribution is 7.16. The Kier molecular flexibility index (Phi) is 5.07. The smallest absolute Gasteiger partial charge is 0.271 e. The van der Waals surface area contributed by atoms with Crippen LogP contribution in [0.1, 0.15) is 16.5 Å². The number of thiophene rings is 1. The van der Waals surface area contributed by atoms with Gasteiger partial charge in [0.05, 0.1) is 16.3 Å². The Labute approximate surface area is 165 Å². The van der Waals surface area contributed by atoms with Crippen LogP contribution in [-0.2, 0) is 13.1 Å². The molecule has 0 fully saturated rings. The molecule has 0 spiro atoms. The summed E-state index contributed by atoms with van der Waals surface area (Å²) in [5.41, 5.74) is 2.39. The summed E-state index contributed by atoms with van der Waals surface area (Å²) in [6.45, 7) is 3.31. The molecule has 4 rings (SSSR count). The average molecular weight is 402 g/mol. The number of aromatic nitrogens is 3. The molecule has 1 atom stereocenters. The molecule has 27 heavy (non-hydrogen) atoms. The normalized spacial score (nSPS) is 12.4. The van der Waals surface area contributed by atoms with Crippen molar-refractivity contribution in [3.05, 3.63) is 63.3 Å². The molecule has 138 valence electrons. The highest BCUT2D eigenvalue weighted by Crippen LogP contribution is 2.33. The van der Waals surface area contributed by atoms with E-state index in [-0.39, 0.29) is 0 Å². The van der Waals surface area contributed by atoms with Crippen LogP contribution in [0.15, 0.2) is 51.4 Å². The monoisotopic (exact) mass is 401 g/mol. The molecule has 0 amide bonds. The maximum atomic E-state index is 6.00. The first-order valence-electron chi connectivity index (χ1n) is 8.50. The van der Waals surface area contributed by atoms with Crippen molar-refractivity contribution in [1.82, 2.24) is 15.4 Å². The minimum atomic E-state index is 0.426. The zero-order valence-electron chi connectivity index (χ0n) is 14.9. The van der Waals surface area contributed by atoms with Crippen molar-refractivity contribution in [2.45, 2.75) is 20.0 Å². The lowest BCUT2D eigenvalue weighted by Crippen LogP contribution is -3.06. The first-order valence-corrected chi connectivity index (χ1v) is 9.69. The van der Waals surface area contributed by atoms with Crippen molar-refractivity contribution in [3.63, 3.8) is 0 Å². The van der Waals surface area contributed by atoms with Crippen LogP contribution < -0.4 is 4.90 Å². The van der Waals surface area contributed by atoms with E-state index in [4.69, 9.17) is 20.5 Å². The molecule has 0 saturated heterocycles. The van der Waals surface area contributed by atoms with Crippen molar-refractivity contribution in [1.29, 1.82) is 0 Å². The fraction of sp³-hybridized carbons (Fsp3) is 0.211. The third-order valence-corrected chi connectivity index (χ3v) is 5.38. The summed E-state index contributed by atoms with van der Waals surface area (Å²) < 4.78 is 12.1. The van der Waals surface area contributed by atoms with E-state index in [0.717, 1.165) is 22.0 Å². The van der Waals surface area contributed by atoms with Gasteiger partial charge in [0, 0.05) is 5.56 Å². The van der Waals surface area contributed by atoms with E-state index in [1.807, 2.05) is 49.4 Å². The van der Waals surface area contributed by atoms with Gasteiger partial charge in [-0.25, -0.2) is 0 Å². The van der Waals surface area contributed by atoms with Crippen LogP contribution in [0.2, 0.25) is 4.34 Å². The molecule has 1 N–H and O–H groups in total. The number of hydrogen-bond acceptors (Lipinski definition) is 6. The quantitative estimate of drug-likeness (QED) is 0.534. The largest absolute Gasteiger partial charge is 0.415 e. The minimum Gasteiger partial charge on any atom is -0.415 e. The maximum Gasteiger partial charge on any atom is 0.271 e. The second-order valence-electron chi connectivity index (χ2n) is 6.35. The van der Waals surface area contributed by atoms with Crippen molar-refractivity contribution in [3.8, 4) is 22.7 Å². The van der Waals surface area contributed by atoms with Gasteiger partial charge in [0.2, 0.25) is 0 Å². The first kappa shape index (κ1) is 17.9. The molecule has 1 aromatic carbocycles. The molecule has 0 radical (unpaired) electrons. The summed E-state index contributed by atoms with van der Waals surface area (Å²) >= 11 is 7.59. The van der Waals surface area contributed by atoms with Crippen molar-refractivity contribution in [2.24, 2.45) is 0 Å². The topological polar surface area (TPSA) is 69.4 Å². The summed E-state index contributed by atoms with van der Waals surface area (Å²) in [5, 5.41) is 12.6. The number of hydrogen-bond donors (Lipinski definition) is 1. The molecule has 0 saturated carbocycles. The van der Waals surface area contributed by atoms with E-state index < -0.39 is 0 Å². The standard InChI is InChI=1S/C19H17ClN4O2S/c1-12-17(18(23-26-12)13-6-4-3-5-7-13)19-22-21-16(25-19)11-24(2)10-14-8-9-15(20)27-14/h3-9H,10-11H2,1-2H3/p+1. The fourth-order valence-corrected chi connectivity index (χ4v) is 4.11. The SMILES string of the molecule is Cc1onc(-c2ccccc2)c1-c1nnc(C[NH+](C)Cc2ccc(Cl)s2)o1. The molecule has 8 heteroatoms. The third kappa shape index (κ3) is 3.95. The van der Waals surface area contributed by atoms with Crippen LogP contribution in [0.4, 0.5) is 0 Å². The molecule has 3 heterocycles. The number of quaternary nitrogens is 1. The van der Waals surface area contributed by atoms with Crippen LogP contribution in [-0.4, -0.2) is 22.4 Å². The summed E-state index contributed by atoms with van der Waals surface area (Å²) in [7, 11) is 2.08. The van der Waals surface area contributed by atoms with E-state index in [1.165, 1.54) is 9.78 Å². The van der Waals surface area contributed by atoms with Crippen LogP contribution in [0.3, 0.4) is 0 Å². The Morgan fingerprint density at radius 2 is 1.89 bits per heavy atom. The Morgan fingerprint density at radius 1 is 1.07 bits per heavy atom. The van der Waals surface area contributed by atoms with Crippen molar-refractivity contribution < 1.29 is 13.8 Å². The van der Waals surface area contributed by atoms with Crippen molar-refractivity contribution >= 4 is 22.9 Å². The second kappa shape index (κ2) is 7.64. The summed E-state index contributed by atoms with van der Waals surface area (Å²) in [5.74, 6) is 1.65. The van der Waals surface area contributed by atoms with Gasteiger partial charge in [-0.2, -0.15) is 0 Å². The number of nitrogens with zero attached hydrogens (tertiary/aromatic N) is 3. The molecule has 0 bridgehead atoms. The van der Waals surface area contributed by atoms with Gasteiger partial charge >= 0.3 is 0 Å². The lowest BCUT2D eigenvalue weighted by atomic mass is 10.1. The molecule has 4 aromatic rings. The molecular formula is C19H18ClN4O2S+. The molecule has 0 aliphatic heterocycles. The summed E-state index contributed by atoms with van der Waals surface area (Å²) in [6.07, 6.45) is 0. The highest BCUT2D eigenvalue weighted by atomic mass is 35.5. The number of benzene rings is 1. The van der Waals surface area contributed by atoms with Gasteiger partial charge < -0.3 is 13.8 Å². The number of halogens is 1. The van der Waals surface area contributed by atoms with Gasteiger partial charge in [-0.3, -0.25) is 0 Å². The average Bonchev–Trinajstić information content (AvgIpc) is 3.36. The Balaban J connectivity index is 1.54. The minimum absolute atomic E-state index is 0.426. The molecule has 6 nitrogen and oxygen atoms in total. The molecule has 1 unspecified atom stereocenters. The molecular weight excluding hydrogens is 384 g/mol. The molecule has 0 aliphatic rings. The lowest BCUT2D eigenvalue weighted by Gasteiger charge is -2.09. The van der Waals surface area contributed by atoms with E-state index in [9.17, 15) is 0 Å². The summed E-state index contributed by atoms with van der Waals surface area (Å²) in [4.78, 5) is 2.45. The summed E-state index contributed by atoms with van der Waals surface area (Å²) in [6, 6.07) is 13.8. The van der Waals surface area contributed by atoms with E-state index in [1.54, 1.807) is 11.3 Å². The van der Waals surface area contributed by atoms with Gasteiger partial charge in [-0.1, -0.05) is 47.1 Å². The van der Waals surface area contributed by atoms with Gasteiger partial charge in [0.25, 0.3) is 11.8 Å². The van der Waals surface area contributed by atoms with Crippen LogP contribution in [0, 0.1) is 6.92 Å². The van der Waals surface area contributed by atoms with E-state index in [0.29, 0.717) is 29.8 Å². The predicted octanol–water partition coefficient (Wildman–Crippen LogP) is 3.63. The highest BCUT2D eigenvalue weighted by Gasteiger charge is 2.22. The number of aryl methyl sites for hydroxylation is 1. The lowest BCUT2D eigenvalue weighted by molar-refractivity contribution is -0.908. The number of nitrogens with one attached hydrogen (secondary N) is 1. The maximum absolute atomic E-state index is 6.00. The van der Waals surface area contributed by atoms with Crippen molar-refractivity contribution in [2.75, 3.05) is 7.05 Å². The third-order valence-electron chi connectivity index (χ3n) is 4.15. The Hall–Kier alpha value is -2.48. The van der Waals surface area contributed by atoms with Gasteiger partial charge in [0.1, 0.15) is 23.6 Å². The number of rotatable bonds is 6. The Bertz CT molecular complexity index is 1040. The van der Waals surface area contributed by atoms with Gasteiger partial charge in [0.15, 0.2) is 6.54 Å². The fourth-order valence-electron chi connectivity index (χ4n) is 2.91. The van der Waals surface area contributed by atoms with Gasteiger partial charge in [-0.15, -0.1) is 21.5 Å². The Morgan fingerprint density at radius 3 is 2.63 bits per heavy atom. The van der Waals surface area contributed by atoms with Crippen LogP contribution in [0.25, 0.3) is 22.7 Å². The second-order valence-corrected chi connectivity index (χ2v) is 8.15. The van der Waals surface area contributed by atoms with Crippen LogP contribution in [0.5, 0.6) is 0 Å². The molecule has 0 aliphatic carbocycles. The first-order chi connectivity index (χ1) is 13.1.